The number of alkyl halides is 3. The highest BCUT2D eigenvalue weighted by molar-refractivity contribution is 5.94. The minimum absolute atomic E-state index is 0.159. The second-order valence-electron chi connectivity index (χ2n) is 10.7. The third kappa shape index (κ3) is 6.92. The van der Waals surface area contributed by atoms with Crippen LogP contribution in [0.3, 0.4) is 0 Å². The lowest BCUT2D eigenvalue weighted by atomic mass is 9.94. The van der Waals surface area contributed by atoms with E-state index in [1.807, 2.05) is 0 Å². The monoisotopic (exact) mass is 615 g/mol. The molecule has 3 N–H and O–H groups in total. The van der Waals surface area contributed by atoms with E-state index in [1.165, 1.54) is 18.3 Å². The molecule has 0 bridgehead atoms. The van der Waals surface area contributed by atoms with Gasteiger partial charge in [-0.1, -0.05) is 25.0 Å². The van der Waals surface area contributed by atoms with Crippen LogP contribution in [-0.4, -0.2) is 26.6 Å². The molecule has 0 spiro atoms. The summed E-state index contributed by atoms with van der Waals surface area (Å²) in [6.45, 7) is -0.555. The smallest absolute Gasteiger partial charge is 0.366 e. The van der Waals surface area contributed by atoms with Crippen LogP contribution in [0, 0.1) is 17.5 Å². The van der Waals surface area contributed by atoms with Gasteiger partial charge in [-0.05, 0) is 66.8 Å². The Balaban J connectivity index is 1.52. The predicted molar refractivity (Wildman–Crippen MR) is 148 cm³/mol. The molecule has 1 atom stereocenters. The molecule has 0 radical (unpaired) electrons. The first kappa shape index (κ1) is 30.8. The zero-order chi connectivity index (χ0) is 31.6. The van der Waals surface area contributed by atoms with E-state index in [1.54, 1.807) is 12.1 Å². The molecule has 44 heavy (non-hydrogen) atoms. The van der Waals surface area contributed by atoms with Crippen molar-refractivity contribution in [2.24, 2.45) is 5.73 Å². The highest BCUT2D eigenvalue weighted by Crippen LogP contribution is 2.37. The van der Waals surface area contributed by atoms with E-state index < -0.39 is 53.7 Å². The molecular formula is C31H27F6N5O2. The van der Waals surface area contributed by atoms with Gasteiger partial charge in [-0.15, -0.1) is 0 Å². The SMILES string of the molecule is NC(=O)c1cc(-c2cccnc2[C@H](Cc2cc(F)cc(F)c2)NC(=O)Cn2nc(C(F)(F)F)cc2C2CCCC2)ccc1F. The van der Waals surface area contributed by atoms with Crippen LogP contribution in [0.25, 0.3) is 11.1 Å². The zero-order valence-corrected chi connectivity index (χ0v) is 23.2. The summed E-state index contributed by atoms with van der Waals surface area (Å²) in [6, 6.07) is 9.54. The first-order valence-electron chi connectivity index (χ1n) is 13.8. The summed E-state index contributed by atoms with van der Waals surface area (Å²) in [5.41, 5.74) is 5.15. The van der Waals surface area contributed by atoms with Crippen LogP contribution in [0.4, 0.5) is 26.3 Å². The number of hydrogen-bond acceptors (Lipinski definition) is 4. The second kappa shape index (κ2) is 12.5. The highest BCUT2D eigenvalue weighted by Gasteiger charge is 2.36. The molecule has 1 aliphatic carbocycles. The van der Waals surface area contributed by atoms with Crippen LogP contribution in [0.1, 0.15) is 70.6 Å². The number of aromatic nitrogens is 3. The van der Waals surface area contributed by atoms with Crippen LogP contribution >= 0.6 is 0 Å². The Kier molecular flexibility index (Phi) is 8.75. The number of amides is 2. The molecule has 0 saturated heterocycles. The molecule has 1 saturated carbocycles. The molecule has 7 nitrogen and oxygen atoms in total. The third-order valence-corrected chi connectivity index (χ3v) is 7.58. The maximum atomic E-state index is 14.2. The lowest BCUT2D eigenvalue weighted by Gasteiger charge is -2.22. The van der Waals surface area contributed by atoms with Crippen molar-refractivity contribution in [2.45, 2.75) is 56.8 Å². The van der Waals surface area contributed by atoms with Crippen molar-refractivity contribution in [3.05, 3.63) is 106 Å². The van der Waals surface area contributed by atoms with Gasteiger partial charge < -0.3 is 11.1 Å². The number of carbonyl (C=O) groups excluding carboxylic acids is 2. The maximum Gasteiger partial charge on any atom is 0.435 e. The zero-order valence-electron chi connectivity index (χ0n) is 23.2. The van der Waals surface area contributed by atoms with Gasteiger partial charge in [0.05, 0.1) is 17.3 Å². The summed E-state index contributed by atoms with van der Waals surface area (Å²) in [5.74, 6) is -4.47. The molecule has 1 aliphatic rings. The van der Waals surface area contributed by atoms with Crippen LogP contribution in [0.15, 0.2) is 60.8 Å². The number of benzene rings is 2. The Hall–Kier alpha value is -4.68. The van der Waals surface area contributed by atoms with E-state index >= 15 is 0 Å². The number of rotatable bonds is 9. The fourth-order valence-electron chi connectivity index (χ4n) is 5.62. The van der Waals surface area contributed by atoms with Crippen molar-refractivity contribution in [1.82, 2.24) is 20.1 Å². The number of carbonyl (C=O) groups is 2. The van der Waals surface area contributed by atoms with E-state index in [4.69, 9.17) is 5.73 Å². The molecule has 2 aromatic heterocycles. The van der Waals surface area contributed by atoms with Gasteiger partial charge in [-0.25, -0.2) is 13.2 Å². The second-order valence-corrected chi connectivity index (χ2v) is 10.7. The van der Waals surface area contributed by atoms with E-state index in [0.717, 1.165) is 41.8 Å². The van der Waals surface area contributed by atoms with Crippen molar-refractivity contribution in [3.8, 4) is 11.1 Å². The molecule has 5 rings (SSSR count). The van der Waals surface area contributed by atoms with Crippen LogP contribution in [0.5, 0.6) is 0 Å². The molecular weight excluding hydrogens is 588 g/mol. The van der Waals surface area contributed by atoms with Gasteiger partial charge in [0, 0.05) is 29.4 Å². The van der Waals surface area contributed by atoms with Gasteiger partial charge in [0.1, 0.15) is 24.0 Å². The van der Waals surface area contributed by atoms with Crippen molar-refractivity contribution in [2.75, 3.05) is 0 Å². The Morgan fingerprint density at radius 3 is 2.36 bits per heavy atom. The molecule has 2 aromatic carbocycles. The number of pyridine rings is 1. The number of primary amides is 1. The molecule has 0 unspecified atom stereocenters. The number of hydrogen-bond donors (Lipinski definition) is 2. The summed E-state index contributed by atoms with van der Waals surface area (Å²) < 4.78 is 84.1. The molecule has 1 fully saturated rings. The largest absolute Gasteiger partial charge is 0.435 e. The average molecular weight is 616 g/mol. The van der Waals surface area contributed by atoms with E-state index in [0.29, 0.717) is 35.7 Å². The Labute approximate surface area is 248 Å². The standard InChI is InChI=1S/C31H27F6N5O2/c32-20-10-17(11-21(33)14-20)12-25(29-22(6-3-9-39-29)19-7-8-24(34)23(13-19)30(38)44)40-28(43)16-42-26(18-4-1-2-5-18)15-27(41-42)31(35,36)37/h3,6-11,13-15,18,25H,1-2,4-5,12,16H2,(H2,38,44)(H,40,43)/t25-/m0/s1. The quantitative estimate of drug-likeness (QED) is 0.218. The molecule has 4 aromatic rings. The summed E-state index contributed by atoms with van der Waals surface area (Å²) in [5, 5.41) is 6.43. The lowest BCUT2D eigenvalue weighted by Crippen LogP contribution is -2.34. The molecule has 13 heteroatoms. The van der Waals surface area contributed by atoms with E-state index in [-0.39, 0.29) is 29.2 Å². The fraction of sp³-hybridized carbons (Fsp3) is 0.290. The Bertz CT molecular complexity index is 1680. The Morgan fingerprint density at radius 1 is 1.00 bits per heavy atom. The summed E-state index contributed by atoms with van der Waals surface area (Å²) >= 11 is 0. The van der Waals surface area contributed by atoms with Crippen LogP contribution < -0.4 is 11.1 Å². The maximum absolute atomic E-state index is 14.2. The van der Waals surface area contributed by atoms with Gasteiger partial charge in [-0.2, -0.15) is 18.3 Å². The summed E-state index contributed by atoms with van der Waals surface area (Å²) in [7, 11) is 0. The van der Waals surface area contributed by atoms with Gasteiger partial charge in [0.2, 0.25) is 5.91 Å². The fourth-order valence-corrected chi connectivity index (χ4v) is 5.62. The van der Waals surface area contributed by atoms with Gasteiger partial charge >= 0.3 is 6.18 Å². The van der Waals surface area contributed by atoms with Gasteiger partial charge in [0.25, 0.3) is 5.91 Å². The molecule has 2 heterocycles. The molecule has 230 valence electrons. The van der Waals surface area contributed by atoms with Crippen molar-refractivity contribution in [1.29, 1.82) is 0 Å². The lowest BCUT2D eigenvalue weighted by molar-refractivity contribution is -0.141. The topological polar surface area (TPSA) is 103 Å². The minimum atomic E-state index is -4.71. The first-order valence-corrected chi connectivity index (χ1v) is 13.8. The normalized spacial score (nSPS) is 14.5. The van der Waals surface area contributed by atoms with Crippen LogP contribution in [0.2, 0.25) is 0 Å². The van der Waals surface area contributed by atoms with Crippen LogP contribution in [-0.2, 0) is 23.9 Å². The Morgan fingerprint density at radius 2 is 1.70 bits per heavy atom. The molecule has 0 aliphatic heterocycles. The average Bonchev–Trinajstić information content (AvgIpc) is 3.62. The van der Waals surface area contributed by atoms with Crippen molar-refractivity contribution >= 4 is 11.8 Å². The minimum Gasteiger partial charge on any atom is -0.366 e. The van der Waals surface area contributed by atoms with E-state index in [2.05, 4.69) is 15.4 Å². The number of nitrogens with one attached hydrogen (secondary N) is 1. The first-order chi connectivity index (χ1) is 20.9. The molecule has 2 amide bonds. The van der Waals surface area contributed by atoms with Crippen molar-refractivity contribution < 1.29 is 35.9 Å². The van der Waals surface area contributed by atoms with Crippen molar-refractivity contribution in [3.63, 3.8) is 0 Å². The number of halogens is 6. The van der Waals surface area contributed by atoms with E-state index in [9.17, 15) is 35.9 Å². The predicted octanol–water partition coefficient (Wildman–Crippen LogP) is 6.24. The number of nitrogens with zero attached hydrogens (tertiary/aromatic N) is 3. The highest BCUT2D eigenvalue weighted by atomic mass is 19.4. The summed E-state index contributed by atoms with van der Waals surface area (Å²) in [4.78, 5) is 29.6. The summed E-state index contributed by atoms with van der Waals surface area (Å²) in [6.07, 6.45) is -0.444. The third-order valence-electron chi connectivity index (χ3n) is 7.58. The van der Waals surface area contributed by atoms with Gasteiger partial charge in [-0.3, -0.25) is 19.3 Å². The number of nitrogens with two attached hydrogens (primary N) is 1. The van der Waals surface area contributed by atoms with Gasteiger partial charge in [0.15, 0.2) is 5.69 Å².